The molecular weight excluding hydrogens is 254 g/mol. The van der Waals surface area contributed by atoms with Crippen LogP contribution in [0.1, 0.15) is 12.8 Å². The molecule has 0 radical (unpaired) electrons. The number of carbonyl (C=O) groups is 3. The van der Waals surface area contributed by atoms with Gasteiger partial charge < -0.3 is 25.8 Å². The second kappa shape index (κ2) is 7.57. The van der Waals surface area contributed by atoms with E-state index in [0.29, 0.717) is 19.5 Å². The number of nitrogens with zero attached hydrogens (tertiary/aromatic N) is 1. The topological polar surface area (TPSA) is 122 Å². The van der Waals surface area contributed by atoms with Gasteiger partial charge in [0.05, 0.1) is 6.61 Å². The van der Waals surface area contributed by atoms with Crippen molar-refractivity contribution in [2.24, 2.45) is 11.7 Å². The van der Waals surface area contributed by atoms with Crippen molar-refractivity contribution in [3.8, 4) is 0 Å². The molecule has 0 aromatic carbocycles. The summed E-state index contributed by atoms with van der Waals surface area (Å²) in [5.74, 6) is -1.37. The lowest BCUT2D eigenvalue weighted by atomic mass is 10.1. The Kier molecular flexibility index (Phi) is 6.07. The maximum absolute atomic E-state index is 11.7. The Hall–Kier alpha value is -1.83. The Balaban J connectivity index is 2.13. The second-order valence-corrected chi connectivity index (χ2v) is 4.45. The number of likely N-dealkylation sites (tertiary alicyclic amines) is 1. The zero-order valence-electron chi connectivity index (χ0n) is 10.6. The van der Waals surface area contributed by atoms with E-state index in [1.165, 1.54) is 0 Å². The molecule has 1 aliphatic rings. The quantitative estimate of drug-likeness (QED) is 0.513. The van der Waals surface area contributed by atoms with E-state index < -0.39 is 11.9 Å². The van der Waals surface area contributed by atoms with Crippen molar-refractivity contribution in [1.82, 2.24) is 10.2 Å². The first kappa shape index (κ1) is 15.2. The number of aliphatic carboxylic acids is 1. The van der Waals surface area contributed by atoms with Gasteiger partial charge in [0.25, 0.3) is 0 Å². The normalized spacial score (nSPS) is 18.3. The zero-order valence-corrected chi connectivity index (χ0v) is 10.6. The van der Waals surface area contributed by atoms with E-state index in [1.54, 1.807) is 4.90 Å². The number of nitrogens with two attached hydrogens (primary N) is 1. The summed E-state index contributed by atoms with van der Waals surface area (Å²) in [5, 5.41) is 11.3. The van der Waals surface area contributed by atoms with Gasteiger partial charge in [-0.05, 0) is 12.3 Å². The van der Waals surface area contributed by atoms with Crippen molar-refractivity contribution in [3.63, 3.8) is 0 Å². The van der Waals surface area contributed by atoms with Gasteiger partial charge in [0.1, 0.15) is 6.61 Å². The van der Waals surface area contributed by atoms with E-state index in [0.717, 1.165) is 0 Å². The van der Waals surface area contributed by atoms with Crippen LogP contribution in [0.3, 0.4) is 0 Å². The standard InChI is InChI=1S/C11H19N3O5/c12-9(15)7-19-4-2-13-11(18)14-3-1-8(6-14)5-10(16)17/h8H,1-7H2,(H2,12,15)(H,13,18)(H,16,17). The smallest absolute Gasteiger partial charge is 0.317 e. The molecule has 1 atom stereocenters. The molecule has 0 spiro atoms. The Labute approximate surface area is 110 Å². The van der Waals surface area contributed by atoms with Crippen LogP contribution in [0.5, 0.6) is 0 Å². The largest absolute Gasteiger partial charge is 0.481 e. The molecule has 1 fully saturated rings. The van der Waals surface area contributed by atoms with Crippen LogP contribution in [0.4, 0.5) is 4.79 Å². The Morgan fingerprint density at radius 1 is 1.42 bits per heavy atom. The van der Waals surface area contributed by atoms with Crippen LogP contribution >= 0.6 is 0 Å². The van der Waals surface area contributed by atoms with Gasteiger partial charge in [0.2, 0.25) is 5.91 Å². The Bertz CT molecular complexity index is 347. The van der Waals surface area contributed by atoms with Crippen LogP contribution in [0.25, 0.3) is 0 Å². The fourth-order valence-electron chi connectivity index (χ4n) is 1.95. The highest BCUT2D eigenvalue weighted by atomic mass is 16.5. The molecule has 0 aromatic heterocycles. The fourth-order valence-corrected chi connectivity index (χ4v) is 1.95. The Morgan fingerprint density at radius 2 is 2.16 bits per heavy atom. The number of carbonyl (C=O) groups excluding carboxylic acids is 2. The number of nitrogens with one attached hydrogen (secondary N) is 1. The summed E-state index contributed by atoms with van der Waals surface area (Å²) in [6.07, 6.45) is 0.795. The van der Waals surface area contributed by atoms with E-state index in [-0.39, 0.29) is 38.1 Å². The zero-order chi connectivity index (χ0) is 14.3. The molecule has 4 N–H and O–H groups in total. The first-order valence-electron chi connectivity index (χ1n) is 6.09. The molecule has 1 heterocycles. The lowest BCUT2D eigenvalue weighted by molar-refractivity contribution is -0.138. The van der Waals surface area contributed by atoms with Gasteiger partial charge in [0.15, 0.2) is 0 Å². The summed E-state index contributed by atoms with van der Waals surface area (Å²) in [6.45, 7) is 1.35. The fraction of sp³-hybridized carbons (Fsp3) is 0.727. The molecule has 1 aliphatic heterocycles. The Morgan fingerprint density at radius 3 is 2.79 bits per heavy atom. The van der Waals surface area contributed by atoms with Gasteiger partial charge in [-0.25, -0.2) is 4.79 Å². The monoisotopic (exact) mass is 273 g/mol. The van der Waals surface area contributed by atoms with Gasteiger partial charge >= 0.3 is 12.0 Å². The molecule has 1 rings (SSSR count). The lowest BCUT2D eigenvalue weighted by Gasteiger charge is -2.17. The predicted octanol–water partition coefficient (Wildman–Crippen LogP) is -1.01. The van der Waals surface area contributed by atoms with E-state index in [9.17, 15) is 14.4 Å². The number of hydrogen-bond acceptors (Lipinski definition) is 4. The maximum Gasteiger partial charge on any atom is 0.317 e. The SMILES string of the molecule is NC(=O)COCCNC(=O)N1CCC(CC(=O)O)C1. The van der Waals surface area contributed by atoms with Gasteiger partial charge in [0, 0.05) is 26.1 Å². The van der Waals surface area contributed by atoms with Crippen molar-refractivity contribution < 1.29 is 24.2 Å². The molecular formula is C11H19N3O5. The van der Waals surface area contributed by atoms with E-state index in [1.807, 2.05) is 0 Å². The van der Waals surface area contributed by atoms with Gasteiger partial charge in [-0.15, -0.1) is 0 Å². The first-order chi connectivity index (χ1) is 8.99. The van der Waals surface area contributed by atoms with Crippen LogP contribution in [0.15, 0.2) is 0 Å². The number of urea groups is 1. The average Bonchev–Trinajstić information content (AvgIpc) is 2.75. The number of carboxylic acids is 1. The predicted molar refractivity (Wildman–Crippen MR) is 65.3 cm³/mol. The third-order valence-electron chi connectivity index (χ3n) is 2.80. The highest BCUT2D eigenvalue weighted by Crippen LogP contribution is 2.19. The minimum absolute atomic E-state index is 0.0226. The summed E-state index contributed by atoms with van der Waals surface area (Å²) < 4.78 is 4.90. The lowest BCUT2D eigenvalue weighted by Crippen LogP contribution is -2.40. The van der Waals surface area contributed by atoms with Crippen molar-refractivity contribution in [1.29, 1.82) is 0 Å². The molecule has 1 unspecified atom stereocenters. The van der Waals surface area contributed by atoms with Crippen LogP contribution in [-0.2, 0) is 14.3 Å². The molecule has 0 aromatic rings. The van der Waals surface area contributed by atoms with Crippen LogP contribution in [0, 0.1) is 5.92 Å². The van der Waals surface area contributed by atoms with Crippen molar-refractivity contribution in [2.45, 2.75) is 12.8 Å². The number of ether oxygens (including phenoxy) is 1. The van der Waals surface area contributed by atoms with Gasteiger partial charge in [-0.3, -0.25) is 9.59 Å². The van der Waals surface area contributed by atoms with E-state index in [2.05, 4.69) is 5.32 Å². The minimum atomic E-state index is -0.841. The average molecular weight is 273 g/mol. The van der Waals surface area contributed by atoms with Gasteiger partial charge in [-0.1, -0.05) is 0 Å². The maximum atomic E-state index is 11.7. The number of amides is 3. The van der Waals surface area contributed by atoms with Crippen LogP contribution in [0.2, 0.25) is 0 Å². The van der Waals surface area contributed by atoms with Crippen molar-refractivity contribution in [2.75, 3.05) is 32.8 Å². The van der Waals surface area contributed by atoms with Gasteiger partial charge in [-0.2, -0.15) is 0 Å². The number of hydrogen-bond donors (Lipinski definition) is 3. The second-order valence-electron chi connectivity index (χ2n) is 4.45. The van der Waals surface area contributed by atoms with Crippen molar-refractivity contribution in [3.05, 3.63) is 0 Å². The van der Waals surface area contributed by atoms with E-state index in [4.69, 9.17) is 15.6 Å². The summed E-state index contributed by atoms with van der Waals surface area (Å²) in [4.78, 5) is 34.2. The summed E-state index contributed by atoms with van der Waals surface area (Å²) >= 11 is 0. The molecule has 0 aliphatic carbocycles. The van der Waals surface area contributed by atoms with E-state index >= 15 is 0 Å². The highest BCUT2D eigenvalue weighted by molar-refractivity contribution is 5.75. The number of carboxylic acid groups (broad SMARTS) is 1. The molecule has 19 heavy (non-hydrogen) atoms. The first-order valence-corrected chi connectivity index (χ1v) is 6.09. The van der Waals surface area contributed by atoms with Crippen LogP contribution in [-0.4, -0.2) is 60.8 Å². The molecule has 0 saturated carbocycles. The molecule has 8 heteroatoms. The van der Waals surface area contributed by atoms with Crippen molar-refractivity contribution >= 4 is 17.9 Å². The number of primary amides is 1. The number of rotatable bonds is 7. The highest BCUT2D eigenvalue weighted by Gasteiger charge is 2.27. The molecule has 0 bridgehead atoms. The van der Waals surface area contributed by atoms with Crippen LogP contribution < -0.4 is 11.1 Å². The molecule has 108 valence electrons. The summed E-state index contributed by atoms with van der Waals surface area (Å²) in [6, 6.07) is -0.240. The molecule has 1 saturated heterocycles. The molecule has 3 amide bonds. The third kappa shape index (κ3) is 6.05. The summed E-state index contributed by atoms with van der Waals surface area (Å²) in [7, 11) is 0. The minimum Gasteiger partial charge on any atom is -0.481 e. The third-order valence-corrected chi connectivity index (χ3v) is 2.80. The molecule has 8 nitrogen and oxygen atoms in total. The summed E-state index contributed by atoms with van der Waals surface area (Å²) in [5.41, 5.74) is 4.88.